The van der Waals surface area contributed by atoms with E-state index in [0.717, 1.165) is 18.2 Å². The van der Waals surface area contributed by atoms with E-state index in [0.29, 0.717) is 17.0 Å². The first-order valence-electron chi connectivity index (χ1n) is 9.40. The van der Waals surface area contributed by atoms with Crippen LogP contribution in [0.5, 0.6) is 5.75 Å². The summed E-state index contributed by atoms with van der Waals surface area (Å²) in [6.45, 7) is -0.254. The Morgan fingerprint density at radius 1 is 0.938 bits per heavy atom. The molecule has 2 amide bonds. The van der Waals surface area contributed by atoms with Crippen LogP contribution in [0.25, 0.3) is 0 Å². The number of carbonyl (C=O) groups is 2. The number of amides is 2. The van der Waals surface area contributed by atoms with Gasteiger partial charge in [-0.3, -0.25) is 9.59 Å². The highest BCUT2D eigenvalue weighted by Crippen LogP contribution is 2.29. The first-order chi connectivity index (χ1) is 15.3. The van der Waals surface area contributed by atoms with Gasteiger partial charge in [0.05, 0.1) is 11.8 Å². The number of nitrogens with zero attached hydrogens (tertiary/aromatic N) is 1. The maximum Gasteiger partial charge on any atom is 0.416 e. The van der Waals surface area contributed by atoms with Crippen molar-refractivity contribution < 1.29 is 27.5 Å². The van der Waals surface area contributed by atoms with Crippen LogP contribution < -0.4 is 15.5 Å². The number of ether oxygens (including phenoxy) is 1. The number of hydrogen-bond acceptors (Lipinski definition) is 4. The van der Waals surface area contributed by atoms with E-state index in [-0.39, 0.29) is 18.1 Å². The molecular formula is C23H18F3N3O3. The lowest BCUT2D eigenvalue weighted by atomic mass is 10.1. The molecular weight excluding hydrogens is 423 g/mol. The number of hydrogen-bond donors (Lipinski definition) is 2. The summed E-state index contributed by atoms with van der Waals surface area (Å²) in [6.07, 6.45) is -3.28. The molecule has 9 heteroatoms. The average Bonchev–Trinajstić information content (AvgIpc) is 2.78. The largest absolute Gasteiger partial charge is 0.483 e. The van der Waals surface area contributed by atoms with Gasteiger partial charge in [-0.2, -0.15) is 18.3 Å². The van der Waals surface area contributed by atoms with Crippen LogP contribution in [0.2, 0.25) is 0 Å². The highest BCUT2D eigenvalue weighted by Gasteiger charge is 2.30. The number of anilines is 1. The van der Waals surface area contributed by atoms with Crippen molar-refractivity contribution in [3.63, 3.8) is 0 Å². The van der Waals surface area contributed by atoms with Gasteiger partial charge >= 0.3 is 6.18 Å². The van der Waals surface area contributed by atoms with Gasteiger partial charge in [0.1, 0.15) is 5.75 Å². The van der Waals surface area contributed by atoms with Gasteiger partial charge < -0.3 is 10.1 Å². The molecule has 6 nitrogen and oxygen atoms in total. The Labute approximate surface area is 181 Å². The Morgan fingerprint density at radius 2 is 1.66 bits per heavy atom. The zero-order valence-electron chi connectivity index (χ0n) is 16.6. The Balaban J connectivity index is 1.60. The second-order valence-electron chi connectivity index (χ2n) is 6.52. The molecule has 0 bridgehead atoms. The van der Waals surface area contributed by atoms with Gasteiger partial charge in [-0.05, 0) is 42.5 Å². The molecule has 0 spiro atoms. The number of alkyl halides is 3. The molecule has 0 aromatic heterocycles. The van der Waals surface area contributed by atoms with Crippen LogP contribution in [-0.4, -0.2) is 24.6 Å². The van der Waals surface area contributed by atoms with E-state index in [4.69, 9.17) is 4.74 Å². The van der Waals surface area contributed by atoms with E-state index in [1.807, 2.05) is 6.07 Å². The lowest BCUT2D eigenvalue weighted by Crippen LogP contribution is -2.20. The first kappa shape index (κ1) is 22.5. The van der Waals surface area contributed by atoms with Crippen molar-refractivity contribution in [2.24, 2.45) is 5.10 Å². The lowest BCUT2D eigenvalue weighted by Gasteiger charge is -2.09. The van der Waals surface area contributed by atoms with E-state index in [9.17, 15) is 22.8 Å². The molecule has 0 heterocycles. The molecule has 0 atom stereocenters. The van der Waals surface area contributed by atoms with Gasteiger partial charge in [0.15, 0.2) is 6.61 Å². The number of carbonyl (C=O) groups excluding carboxylic acids is 2. The van der Waals surface area contributed by atoms with Crippen molar-refractivity contribution in [2.75, 3.05) is 11.9 Å². The van der Waals surface area contributed by atoms with Crippen molar-refractivity contribution in [1.82, 2.24) is 5.43 Å². The Bertz CT molecular complexity index is 1120. The van der Waals surface area contributed by atoms with Gasteiger partial charge in [0.25, 0.3) is 11.8 Å². The smallest absolute Gasteiger partial charge is 0.416 e. The number of nitrogens with one attached hydrogen (secondary N) is 2. The standard InChI is InChI=1S/C23H18F3N3O3/c24-23(25,26)18-9-6-8-16(13-18)22(31)29-27-14-17-7-4-5-12-20(17)32-15-21(30)28-19-10-2-1-3-11-19/h1-14H,15H2,(H,28,30)(H,29,31)/b27-14-. The predicted octanol–water partition coefficient (Wildman–Crippen LogP) is 4.49. The minimum atomic E-state index is -4.55. The predicted molar refractivity (Wildman–Crippen MR) is 114 cm³/mol. The van der Waals surface area contributed by atoms with Crippen LogP contribution >= 0.6 is 0 Å². The third kappa shape index (κ3) is 6.43. The first-order valence-corrected chi connectivity index (χ1v) is 9.40. The van der Waals surface area contributed by atoms with Gasteiger partial charge in [-0.1, -0.05) is 36.4 Å². The number of rotatable bonds is 7. The Hall–Kier alpha value is -4.14. The summed E-state index contributed by atoms with van der Waals surface area (Å²) in [5, 5.41) is 6.47. The third-order valence-electron chi connectivity index (χ3n) is 4.16. The molecule has 0 saturated heterocycles. The van der Waals surface area contributed by atoms with E-state index < -0.39 is 17.6 Å². The lowest BCUT2D eigenvalue weighted by molar-refractivity contribution is -0.137. The van der Waals surface area contributed by atoms with E-state index in [2.05, 4.69) is 15.8 Å². The molecule has 0 radical (unpaired) electrons. The fourth-order valence-corrected chi connectivity index (χ4v) is 2.64. The molecule has 0 fully saturated rings. The third-order valence-corrected chi connectivity index (χ3v) is 4.16. The van der Waals surface area contributed by atoms with Gasteiger partial charge in [-0.15, -0.1) is 0 Å². The zero-order valence-corrected chi connectivity index (χ0v) is 16.6. The van der Waals surface area contributed by atoms with Crippen LogP contribution in [0, 0.1) is 0 Å². The summed E-state index contributed by atoms with van der Waals surface area (Å²) in [5.74, 6) is -0.818. The minimum Gasteiger partial charge on any atom is -0.483 e. The minimum absolute atomic E-state index is 0.181. The molecule has 3 aromatic carbocycles. The summed E-state index contributed by atoms with van der Waals surface area (Å²) in [5.41, 5.74) is 2.16. The second-order valence-corrected chi connectivity index (χ2v) is 6.52. The summed E-state index contributed by atoms with van der Waals surface area (Å²) in [4.78, 5) is 24.2. The SMILES string of the molecule is O=C(COc1ccccc1/C=N\NC(=O)c1cccc(C(F)(F)F)c1)Nc1ccccc1. The van der Waals surface area contributed by atoms with Gasteiger partial charge in [0, 0.05) is 16.8 Å². The summed E-state index contributed by atoms with van der Waals surface area (Å²) in [6, 6.07) is 19.6. The maximum atomic E-state index is 12.8. The van der Waals surface area contributed by atoms with Crippen molar-refractivity contribution in [3.05, 3.63) is 95.6 Å². The Morgan fingerprint density at radius 3 is 2.41 bits per heavy atom. The van der Waals surface area contributed by atoms with Crippen molar-refractivity contribution in [2.45, 2.75) is 6.18 Å². The topological polar surface area (TPSA) is 79.8 Å². The van der Waals surface area contributed by atoms with E-state index in [1.54, 1.807) is 48.5 Å². The normalized spacial score (nSPS) is 11.2. The Kier molecular flexibility index (Phi) is 7.22. The van der Waals surface area contributed by atoms with Crippen molar-refractivity contribution in [1.29, 1.82) is 0 Å². The maximum absolute atomic E-state index is 12.8. The van der Waals surface area contributed by atoms with Crippen LogP contribution in [0.1, 0.15) is 21.5 Å². The fourth-order valence-electron chi connectivity index (χ4n) is 2.64. The second kappa shape index (κ2) is 10.3. The van der Waals surface area contributed by atoms with Crippen LogP contribution in [0.15, 0.2) is 84.0 Å². The molecule has 32 heavy (non-hydrogen) atoms. The van der Waals surface area contributed by atoms with Crippen molar-refractivity contribution in [3.8, 4) is 5.75 Å². The summed E-state index contributed by atoms with van der Waals surface area (Å²) in [7, 11) is 0. The number of para-hydroxylation sites is 2. The molecule has 0 aliphatic rings. The monoisotopic (exact) mass is 441 g/mol. The molecule has 3 rings (SSSR count). The van der Waals surface area contributed by atoms with E-state index in [1.165, 1.54) is 12.3 Å². The van der Waals surface area contributed by atoms with Crippen molar-refractivity contribution >= 4 is 23.7 Å². The highest BCUT2D eigenvalue weighted by atomic mass is 19.4. The van der Waals surface area contributed by atoms with Crippen LogP contribution in [-0.2, 0) is 11.0 Å². The van der Waals surface area contributed by atoms with Crippen LogP contribution in [0.3, 0.4) is 0 Å². The average molecular weight is 441 g/mol. The molecule has 0 aliphatic carbocycles. The quantitative estimate of drug-likeness (QED) is 0.419. The molecule has 2 N–H and O–H groups in total. The molecule has 0 saturated carbocycles. The van der Waals surface area contributed by atoms with Crippen LogP contribution in [0.4, 0.5) is 18.9 Å². The highest BCUT2D eigenvalue weighted by molar-refractivity contribution is 5.95. The molecule has 164 valence electrons. The summed E-state index contributed by atoms with van der Waals surface area (Å²) >= 11 is 0. The molecule has 0 unspecified atom stereocenters. The fraction of sp³-hybridized carbons (Fsp3) is 0.0870. The van der Waals surface area contributed by atoms with Gasteiger partial charge in [-0.25, -0.2) is 5.43 Å². The zero-order chi connectivity index (χ0) is 23.0. The molecule has 0 aliphatic heterocycles. The summed E-state index contributed by atoms with van der Waals surface area (Å²) < 4.78 is 43.9. The number of hydrazone groups is 1. The molecule has 3 aromatic rings. The number of halogens is 3. The van der Waals surface area contributed by atoms with Gasteiger partial charge in [0.2, 0.25) is 0 Å². The number of benzene rings is 3. The van der Waals surface area contributed by atoms with E-state index >= 15 is 0 Å².